The van der Waals surface area contributed by atoms with Crippen molar-refractivity contribution in [2.75, 3.05) is 36.4 Å². The highest BCUT2D eigenvalue weighted by Crippen LogP contribution is 2.41. The number of fused-ring (bicyclic) bond motifs is 1. The number of piperidine rings is 1. The van der Waals surface area contributed by atoms with E-state index in [0.29, 0.717) is 33.9 Å². The highest BCUT2D eigenvalue weighted by Gasteiger charge is 2.52. The summed E-state index contributed by atoms with van der Waals surface area (Å²) in [5.74, 6) is 0.0817. The van der Waals surface area contributed by atoms with Crippen LogP contribution in [-0.2, 0) is 10.5 Å². The average Bonchev–Trinajstić information content (AvgIpc) is 2.79. The molecule has 0 saturated carbocycles. The molecule has 34 heavy (non-hydrogen) atoms. The number of benzene rings is 2. The zero-order valence-electron chi connectivity index (χ0n) is 20.0. The third-order valence-electron chi connectivity index (χ3n) is 6.87. The van der Waals surface area contributed by atoms with Crippen molar-refractivity contribution in [1.29, 1.82) is 0 Å². The molecule has 2 atom stereocenters. The topological polar surface area (TPSA) is 84.9 Å². The summed E-state index contributed by atoms with van der Waals surface area (Å²) in [6.45, 7) is 9.67. The predicted molar refractivity (Wildman–Crippen MR) is 138 cm³/mol. The van der Waals surface area contributed by atoms with Crippen molar-refractivity contribution in [3.63, 3.8) is 0 Å². The fourth-order valence-electron chi connectivity index (χ4n) is 4.86. The number of hydrogen-bond donors (Lipinski definition) is 3. The number of aliphatic hydroxyl groups is 1. The first-order valence-corrected chi connectivity index (χ1v) is 12.7. The summed E-state index contributed by atoms with van der Waals surface area (Å²) < 4.78 is 0.702. The summed E-state index contributed by atoms with van der Waals surface area (Å²) in [5.41, 5.74) is 1.01. The van der Waals surface area contributed by atoms with Crippen molar-refractivity contribution in [3.8, 4) is 0 Å². The molecule has 0 bridgehead atoms. The molecule has 3 N–H and O–H groups in total. The lowest BCUT2D eigenvalue weighted by Gasteiger charge is -2.43. The Morgan fingerprint density at radius 2 is 2.03 bits per heavy atom. The van der Waals surface area contributed by atoms with Crippen LogP contribution in [0.5, 0.6) is 0 Å². The van der Waals surface area contributed by atoms with E-state index < -0.39 is 17.7 Å². The van der Waals surface area contributed by atoms with E-state index >= 15 is 0 Å². The van der Waals surface area contributed by atoms with Gasteiger partial charge in [-0.1, -0.05) is 28.9 Å². The number of nitrogens with one attached hydrogen (secondary N) is 2. The van der Waals surface area contributed by atoms with Crippen molar-refractivity contribution in [3.05, 3.63) is 57.6 Å². The number of rotatable bonds is 6. The predicted octanol–water partition coefficient (Wildman–Crippen LogP) is 4.50. The van der Waals surface area contributed by atoms with Crippen LogP contribution in [0.4, 0.5) is 16.2 Å². The highest BCUT2D eigenvalue weighted by molar-refractivity contribution is 9.10. The molecule has 2 aromatic carbocycles. The molecule has 0 aliphatic carbocycles. The number of carbonyl (C=O) groups excluding carboxylic acids is 2. The molecule has 0 spiro atoms. The minimum atomic E-state index is -2.19. The molecule has 2 aromatic rings. The number of urea groups is 1. The molecule has 2 aliphatic heterocycles. The lowest BCUT2D eigenvalue weighted by atomic mass is 9.94. The van der Waals surface area contributed by atoms with E-state index in [2.05, 4.69) is 38.4 Å². The van der Waals surface area contributed by atoms with Crippen LogP contribution in [0.25, 0.3) is 0 Å². The SMILES string of the molecule is Cc1ccc(N2C(=O)Nc3ccc(Br)cc3[C@@]2(O)C(=O)NCCCN2CCC[C@@H](C)C2)cc1C. The first-order valence-electron chi connectivity index (χ1n) is 11.9. The summed E-state index contributed by atoms with van der Waals surface area (Å²) in [7, 11) is 0. The number of carbonyl (C=O) groups is 2. The minimum Gasteiger partial charge on any atom is -0.359 e. The summed E-state index contributed by atoms with van der Waals surface area (Å²) in [6, 6.07) is 10.0. The summed E-state index contributed by atoms with van der Waals surface area (Å²) in [4.78, 5) is 30.3. The number of hydrogen-bond acceptors (Lipinski definition) is 4. The van der Waals surface area contributed by atoms with E-state index in [1.54, 1.807) is 24.3 Å². The van der Waals surface area contributed by atoms with Gasteiger partial charge in [0.25, 0.3) is 11.6 Å². The van der Waals surface area contributed by atoms with Gasteiger partial charge < -0.3 is 20.6 Å². The first kappa shape index (κ1) is 24.7. The number of halogens is 1. The number of nitrogens with zero attached hydrogens (tertiary/aromatic N) is 2. The lowest BCUT2D eigenvalue weighted by Crippen LogP contribution is -2.62. The fourth-order valence-corrected chi connectivity index (χ4v) is 5.22. The molecule has 0 radical (unpaired) electrons. The van der Waals surface area contributed by atoms with Gasteiger partial charge in [-0.05, 0) is 93.6 Å². The fraction of sp³-hybridized carbons (Fsp3) is 0.462. The minimum absolute atomic E-state index is 0.321. The van der Waals surface area contributed by atoms with E-state index in [1.807, 2.05) is 26.0 Å². The van der Waals surface area contributed by atoms with Gasteiger partial charge in [-0.15, -0.1) is 0 Å². The van der Waals surface area contributed by atoms with Gasteiger partial charge in [0.1, 0.15) is 0 Å². The molecule has 182 valence electrons. The Bertz CT molecular complexity index is 1090. The largest absolute Gasteiger partial charge is 0.359 e. The molecular formula is C26H33BrN4O3. The quantitative estimate of drug-likeness (QED) is 0.482. The molecular weight excluding hydrogens is 496 g/mol. The second-order valence-electron chi connectivity index (χ2n) is 9.55. The Kier molecular flexibility index (Phi) is 7.31. The molecule has 0 aromatic heterocycles. The average molecular weight is 529 g/mol. The zero-order chi connectivity index (χ0) is 24.5. The number of likely N-dealkylation sites (tertiary alicyclic amines) is 1. The van der Waals surface area contributed by atoms with Crippen LogP contribution >= 0.6 is 15.9 Å². The van der Waals surface area contributed by atoms with E-state index in [1.165, 1.54) is 12.8 Å². The molecule has 3 amide bonds. The molecule has 2 heterocycles. The van der Waals surface area contributed by atoms with Crippen LogP contribution in [0.3, 0.4) is 0 Å². The van der Waals surface area contributed by atoms with Gasteiger partial charge in [0.05, 0.1) is 5.69 Å². The Morgan fingerprint density at radius 1 is 1.24 bits per heavy atom. The van der Waals surface area contributed by atoms with Crippen LogP contribution < -0.4 is 15.5 Å². The van der Waals surface area contributed by atoms with E-state index in [-0.39, 0.29) is 0 Å². The highest BCUT2D eigenvalue weighted by atomic mass is 79.9. The van der Waals surface area contributed by atoms with Crippen LogP contribution in [0.1, 0.15) is 42.9 Å². The molecule has 8 heteroatoms. The smallest absolute Gasteiger partial charge is 0.329 e. The van der Waals surface area contributed by atoms with Gasteiger partial charge in [0.15, 0.2) is 0 Å². The Morgan fingerprint density at radius 3 is 2.76 bits per heavy atom. The second kappa shape index (κ2) is 10.1. The van der Waals surface area contributed by atoms with Gasteiger partial charge in [-0.25, -0.2) is 4.79 Å². The zero-order valence-corrected chi connectivity index (χ0v) is 21.6. The van der Waals surface area contributed by atoms with Crippen molar-refractivity contribution in [1.82, 2.24) is 10.2 Å². The molecule has 0 unspecified atom stereocenters. The third kappa shape index (κ3) is 4.85. The first-order chi connectivity index (χ1) is 16.2. The molecule has 1 fully saturated rings. The number of amides is 3. The van der Waals surface area contributed by atoms with Gasteiger partial charge in [-0.2, -0.15) is 0 Å². The third-order valence-corrected chi connectivity index (χ3v) is 7.36. The van der Waals surface area contributed by atoms with E-state index in [9.17, 15) is 14.7 Å². The van der Waals surface area contributed by atoms with E-state index in [4.69, 9.17) is 0 Å². The van der Waals surface area contributed by atoms with Crippen LogP contribution in [-0.4, -0.2) is 48.1 Å². The maximum absolute atomic E-state index is 13.6. The summed E-state index contributed by atoms with van der Waals surface area (Å²) in [5, 5.41) is 17.7. The van der Waals surface area contributed by atoms with Gasteiger partial charge >= 0.3 is 6.03 Å². The Hall–Kier alpha value is -2.42. The Balaban J connectivity index is 1.59. The number of aryl methyl sites for hydroxylation is 2. The van der Waals surface area contributed by atoms with Crippen molar-refractivity contribution < 1.29 is 14.7 Å². The van der Waals surface area contributed by atoms with Gasteiger partial charge in [-0.3, -0.25) is 9.69 Å². The van der Waals surface area contributed by atoms with E-state index in [0.717, 1.165) is 42.1 Å². The van der Waals surface area contributed by atoms with Gasteiger partial charge in [0, 0.05) is 28.8 Å². The molecule has 2 aliphatic rings. The molecule has 4 rings (SSSR count). The maximum atomic E-state index is 13.6. The Labute approximate surface area is 209 Å². The summed E-state index contributed by atoms with van der Waals surface area (Å²) in [6.07, 6.45) is 3.25. The molecule has 7 nitrogen and oxygen atoms in total. The number of anilines is 2. The van der Waals surface area contributed by atoms with Crippen LogP contribution in [0.15, 0.2) is 40.9 Å². The summed E-state index contributed by atoms with van der Waals surface area (Å²) >= 11 is 3.44. The lowest BCUT2D eigenvalue weighted by molar-refractivity contribution is -0.140. The van der Waals surface area contributed by atoms with Crippen molar-refractivity contribution in [2.24, 2.45) is 5.92 Å². The van der Waals surface area contributed by atoms with Gasteiger partial charge in [0.2, 0.25) is 0 Å². The monoisotopic (exact) mass is 528 g/mol. The van der Waals surface area contributed by atoms with Crippen molar-refractivity contribution in [2.45, 2.75) is 45.8 Å². The van der Waals surface area contributed by atoms with Crippen LogP contribution in [0, 0.1) is 19.8 Å². The standard InChI is InChI=1S/C26H33BrN4O3/c1-17-6-4-12-30(16-17)13-5-11-28-24(32)26(34)22-15-20(27)8-10-23(22)29-25(33)31(26)21-9-7-18(2)19(3)14-21/h7-10,14-15,17,34H,4-6,11-13,16H2,1-3H3,(H,28,32)(H,29,33)/t17-,26-/m1/s1. The normalized spacial score (nSPS) is 22.8. The molecule has 1 saturated heterocycles. The maximum Gasteiger partial charge on any atom is 0.329 e. The van der Waals surface area contributed by atoms with Crippen molar-refractivity contribution >= 4 is 39.2 Å². The second-order valence-corrected chi connectivity index (χ2v) is 10.5. The van der Waals surface area contributed by atoms with Crippen LogP contribution in [0.2, 0.25) is 0 Å².